The van der Waals surface area contributed by atoms with E-state index in [2.05, 4.69) is 0 Å². The predicted octanol–water partition coefficient (Wildman–Crippen LogP) is 5.64. The van der Waals surface area contributed by atoms with Crippen LogP contribution in [0.1, 0.15) is 0 Å². The molecule has 0 saturated carbocycles. The van der Waals surface area contributed by atoms with Gasteiger partial charge >= 0.3 is 0 Å². The molecule has 0 radical (unpaired) electrons. The van der Waals surface area contributed by atoms with Crippen LogP contribution in [0.15, 0.2) is 84.9 Å². The summed E-state index contributed by atoms with van der Waals surface area (Å²) in [6.07, 6.45) is 0. The summed E-state index contributed by atoms with van der Waals surface area (Å²) < 4.78 is 17.8. The third-order valence-electron chi connectivity index (χ3n) is 4.38. The molecule has 7 heteroatoms. The number of anilines is 2. The van der Waals surface area contributed by atoms with Gasteiger partial charge in [-0.15, -0.1) is 0 Å². The van der Waals surface area contributed by atoms with E-state index in [1.54, 1.807) is 60.7 Å². The van der Waals surface area contributed by atoms with Crippen LogP contribution in [0.2, 0.25) is 0 Å². The van der Waals surface area contributed by atoms with E-state index in [1.807, 2.05) is 12.1 Å². The first-order valence-corrected chi connectivity index (χ1v) is 9.38. The molecule has 0 heterocycles. The smallest absolute Gasteiger partial charge is 0.170 e. The number of nitrogen functional groups attached to an aromatic ring is 2. The zero-order valence-corrected chi connectivity index (χ0v) is 16.4. The van der Waals surface area contributed by atoms with Crippen LogP contribution in [0.25, 0.3) is 0 Å². The van der Waals surface area contributed by atoms with Gasteiger partial charge in [-0.3, -0.25) is 0 Å². The fraction of sp³-hybridized carbons (Fsp3) is 0. The van der Waals surface area contributed by atoms with Crippen molar-refractivity contribution < 1.29 is 24.4 Å². The SMILES string of the molecule is Nc1ccc(Oc2ccccc2Oc2ccccc2Oc2ccc(N)c(O)c2)cc1O. The Hall–Kier alpha value is -4.52. The number of phenols is 2. The molecule has 7 nitrogen and oxygen atoms in total. The molecular weight excluding hydrogens is 396 g/mol. The zero-order chi connectivity index (χ0) is 21.8. The highest BCUT2D eigenvalue weighted by Gasteiger charge is 2.12. The van der Waals surface area contributed by atoms with Crippen molar-refractivity contribution in [2.75, 3.05) is 11.5 Å². The molecule has 4 rings (SSSR count). The first-order valence-electron chi connectivity index (χ1n) is 9.38. The number of aromatic hydroxyl groups is 2. The largest absolute Gasteiger partial charge is 0.506 e. The fourth-order valence-electron chi connectivity index (χ4n) is 2.78. The van der Waals surface area contributed by atoms with Crippen LogP contribution in [0.5, 0.6) is 46.0 Å². The van der Waals surface area contributed by atoms with Gasteiger partial charge in [0.25, 0.3) is 0 Å². The van der Waals surface area contributed by atoms with Crippen LogP contribution in [0.4, 0.5) is 11.4 Å². The quantitative estimate of drug-likeness (QED) is 0.237. The van der Waals surface area contributed by atoms with Gasteiger partial charge in [-0.05, 0) is 48.5 Å². The van der Waals surface area contributed by atoms with Crippen molar-refractivity contribution in [3.05, 3.63) is 84.9 Å². The third-order valence-corrected chi connectivity index (χ3v) is 4.38. The molecule has 4 aromatic rings. The standard InChI is InChI=1S/C24H20N2O5/c25-17-11-9-15(13-19(17)27)29-21-5-1-3-7-23(21)31-24-8-4-2-6-22(24)30-16-10-12-18(26)20(28)14-16/h1-14,27-28H,25-26H2. The number of para-hydroxylation sites is 4. The molecule has 0 amide bonds. The van der Waals surface area contributed by atoms with Gasteiger partial charge in [-0.1, -0.05) is 24.3 Å². The van der Waals surface area contributed by atoms with Crippen LogP contribution in [-0.4, -0.2) is 10.2 Å². The highest BCUT2D eigenvalue weighted by molar-refractivity contribution is 5.57. The van der Waals surface area contributed by atoms with E-state index in [0.717, 1.165) is 0 Å². The van der Waals surface area contributed by atoms with E-state index in [1.165, 1.54) is 12.1 Å². The second-order valence-corrected chi connectivity index (χ2v) is 6.64. The number of ether oxygens (including phenoxy) is 3. The molecule has 0 aliphatic heterocycles. The van der Waals surface area contributed by atoms with Gasteiger partial charge in [-0.2, -0.15) is 0 Å². The first kappa shape index (κ1) is 19.8. The zero-order valence-electron chi connectivity index (χ0n) is 16.4. The molecule has 0 aliphatic carbocycles. The van der Waals surface area contributed by atoms with Gasteiger partial charge in [0, 0.05) is 12.1 Å². The summed E-state index contributed by atoms with van der Waals surface area (Å²) in [6.45, 7) is 0. The minimum absolute atomic E-state index is 0.0682. The number of rotatable bonds is 6. The molecular formula is C24H20N2O5. The maximum atomic E-state index is 9.82. The Morgan fingerprint density at radius 3 is 1.19 bits per heavy atom. The summed E-state index contributed by atoms with van der Waals surface area (Å²) in [5.41, 5.74) is 11.8. The van der Waals surface area contributed by atoms with Crippen molar-refractivity contribution in [1.29, 1.82) is 0 Å². The molecule has 31 heavy (non-hydrogen) atoms. The fourth-order valence-corrected chi connectivity index (χ4v) is 2.78. The monoisotopic (exact) mass is 416 g/mol. The average Bonchev–Trinajstić information content (AvgIpc) is 2.76. The number of hydrogen-bond acceptors (Lipinski definition) is 7. The van der Waals surface area contributed by atoms with Crippen LogP contribution >= 0.6 is 0 Å². The molecule has 0 spiro atoms. The van der Waals surface area contributed by atoms with E-state index in [4.69, 9.17) is 25.7 Å². The highest BCUT2D eigenvalue weighted by atomic mass is 16.5. The van der Waals surface area contributed by atoms with Crippen LogP contribution < -0.4 is 25.7 Å². The Balaban J connectivity index is 1.60. The van der Waals surface area contributed by atoms with E-state index >= 15 is 0 Å². The Morgan fingerprint density at radius 1 is 0.484 bits per heavy atom. The summed E-state index contributed by atoms with van der Waals surface area (Å²) >= 11 is 0. The lowest BCUT2D eigenvalue weighted by molar-refractivity contribution is 0.391. The van der Waals surface area contributed by atoms with Crippen molar-refractivity contribution in [2.45, 2.75) is 0 Å². The molecule has 0 atom stereocenters. The normalized spacial score (nSPS) is 10.5. The number of phenolic OH excluding ortho intramolecular Hbond substituents is 2. The second kappa shape index (κ2) is 8.46. The lowest BCUT2D eigenvalue weighted by Crippen LogP contribution is -1.94. The lowest BCUT2D eigenvalue weighted by atomic mass is 10.2. The maximum absolute atomic E-state index is 9.82. The average molecular weight is 416 g/mol. The minimum atomic E-state index is -0.0682. The third kappa shape index (κ3) is 4.56. The first-order chi connectivity index (χ1) is 15.0. The van der Waals surface area contributed by atoms with Crippen LogP contribution in [0, 0.1) is 0 Å². The second-order valence-electron chi connectivity index (χ2n) is 6.64. The minimum Gasteiger partial charge on any atom is -0.506 e. The van der Waals surface area contributed by atoms with E-state index in [9.17, 15) is 10.2 Å². The Bertz CT molecular complexity index is 1130. The number of benzene rings is 4. The summed E-state index contributed by atoms with van der Waals surface area (Å²) in [5, 5.41) is 19.6. The molecule has 0 aromatic heterocycles. The Morgan fingerprint density at radius 2 is 0.839 bits per heavy atom. The topological polar surface area (TPSA) is 120 Å². The van der Waals surface area contributed by atoms with E-state index in [0.29, 0.717) is 34.5 Å². The number of hydrogen-bond donors (Lipinski definition) is 4. The summed E-state index contributed by atoms with van der Waals surface area (Å²) in [7, 11) is 0. The molecule has 0 unspecified atom stereocenters. The maximum Gasteiger partial charge on any atom is 0.170 e. The van der Waals surface area contributed by atoms with Gasteiger partial charge in [-0.25, -0.2) is 0 Å². The summed E-state index contributed by atoms with van der Waals surface area (Å²) in [5.74, 6) is 2.43. The molecule has 156 valence electrons. The van der Waals surface area contributed by atoms with E-state index in [-0.39, 0.29) is 22.9 Å². The Kier molecular flexibility index (Phi) is 5.40. The molecule has 0 fully saturated rings. The van der Waals surface area contributed by atoms with Gasteiger partial charge in [0.2, 0.25) is 0 Å². The van der Waals surface area contributed by atoms with Gasteiger partial charge < -0.3 is 35.9 Å². The van der Waals surface area contributed by atoms with Crippen molar-refractivity contribution >= 4 is 11.4 Å². The van der Waals surface area contributed by atoms with Crippen LogP contribution in [-0.2, 0) is 0 Å². The molecule has 0 aliphatic rings. The van der Waals surface area contributed by atoms with Crippen molar-refractivity contribution in [3.8, 4) is 46.0 Å². The summed E-state index contributed by atoms with van der Waals surface area (Å²) in [6, 6.07) is 23.5. The lowest BCUT2D eigenvalue weighted by Gasteiger charge is -2.15. The van der Waals surface area contributed by atoms with E-state index < -0.39 is 0 Å². The van der Waals surface area contributed by atoms with Crippen molar-refractivity contribution in [2.24, 2.45) is 0 Å². The van der Waals surface area contributed by atoms with Gasteiger partial charge in [0.15, 0.2) is 23.0 Å². The molecule has 4 aromatic carbocycles. The van der Waals surface area contributed by atoms with Gasteiger partial charge in [0.1, 0.15) is 23.0 Å². The van der Waals surface area contributed by atoms with Crippen molar-refractivity contribution in [3.63, 3.8) is 0 Å². The van der Waals surface area contributed by atoms with Gasteiger partial charge in [0.05, 0.1) is 11.4 Å². The predicted molar refractivity (Wildman–Crippen MR) is 118 cm³/mol. The summed E-state index contributed by atoms with van der Waals surface area (Å²) in [4.78, 5) is 0. The van der Waals surface area contributed by atoms with Crippen molar-refractivity contribution in [1.82, 2.24) is 0 Å². The molecule has 6 N–H and O–H groups in total. The number of nitrogens with two attached hydrogens (primary N) is 2. The van der Waals surface area contributed by atoms with Crippen LogP contribution in [0.3, 0.4) is 0 Å². The highest BCUT2D eigenvalue weighted by Crippen LogP contribution is 2.40. The molecule has 0 bridgehead atoms. The Labute approximate surface area is 178 Å². The molecule has 0 saturated heterocycles.